The fourth-order valence-electron chi connectivity index (χ4n) is 1.29. The van der Waals surface area contributed by atoms with Crippen molar-refractivity contribution >= 4 is 28.7 Å². The average Bonchev–Trinajstić information content (AvgIpc) is 2.30. The predicted molar refractivity (Wildman–Crippen MR) is 69.1 cm³/mol. The number of benzene rings is 1. The molecule has 20 heavy (non-hydrogen) atoms. The molecule has 1 atom stereocenters. The highest BCUT2D eigenvalue weighted by Crippen LogP contribution is 2.24. The second-order valence-electron chi connectivity index (χ2n) is 3.73. The number of thiocarbonyl (C=S) groups is 1. The van der Waals surface area contributed by atoms with Crippen LogP contribution in [0.2, 0.25) is 0 Å². The minimum atomic E-state index is -4.76. The molecule has 0 heterocycles. The summed E-state index contributed by atoms with van der Waals surface area (Å²) in [6.45, 7) is 1.22. The van der Waals surface area contributed by atoms with Gasteiger partial charge in [-0.3, -0.25) is 4.79 Å². The summed E-state index contributed by atoms with van der Waals surface area (Å²) in [5.74, 6) is -1.88. The van der Waals surface area contributed by atoms with Crippen LogP contribution in [0.3, 0.4) is 0 Å². The predicted octanol–water partition coefficient (Wildman–Crippen LogP) is 3.05. The Balaban J connectivity index is 2.73. The van der Waals surface area contributed by atoms with Crippen molar-refractivity contribution in [3.05, 3.63) is 24.3 Å². The first-order valence-corrected chi connectivity index (χ1v) is 5.70. The Morgan fingerprint density at radius 2 is 1.95 bits per heavy atom. The highest BCUT2D eigenvalue weighted by molar-refractivity contribution is 7.80. The van der Waals surface area contributed by atoms with Gasteiger partial charge in [-0.25, -0.2) is 0 Å². The number of ether oxygens (including phenoxy) is 1. The first-order chi connectivity index (χ1) is 9.23. The summed E-state index contributed by atoms with van der Waals surface area (Å²) < 4.78 is 39.6. The van der Waals surface area contributed by atoms with E-state index >= 15 is 0 Å². The zero-order chi connectivity index (χ0) is 15.3. The molecule has 0 aliphatic heterocycles. The van der Waals surface area contributed by atoms with E-state index in [1.54, 1.807) is 6.07 Å². The van der Waals surface area contributed by atoms with Crippen molar-refractivity contribution in [2.45, 2.75) is 13.3 Å². The van der Waals surface area contributed by atoms with E-state index in [4.69, 9.17) is 17.5 Å². The molecule has 0 fully saturated rings. The van der Waals surface area contributed by atoms with Gasteiger partial charge < -0.3 is 10.1 Å². The van der Waals surface area contributed by atoms with E-state index in [1.807, 2.05) is 0 Å². The van der Waals surface area contributed by atoms with Gasteiger partial charge >= 0.3 is 6.36 Å². The molecule has 4 nitrogen and oxygen atoms in total. The Bertz CT molecular complexity index is 549. The van der Waals surface area contributed by atoms with E-state index in [0.29, 0.717) is 5.69 Å². The van der Waals surface area contributed by atoms with E-state index in [9.17, 15) is 18.0 Å². The van der Waals surface area contributed by atoms with Gasteiger partial charge in [-0.1, -0.05) is 12.2 Å². The molecule has 106 valence electrons. The van der Waals surface area contributed by atoms with E-state index in [1.165, 1.54) is 19.1 Å². The summed E-state index contributed by atoms with van der Waals surface area (Å²) in [4.78, 5) is 11.1. The summed E-state index contributed by atoms with van der Waals surface area (Å²) in [7, 11) is 0. The van der Waals surface area contributed by atoms with Gasteiger partial charge in [0.25, 0.3) is 0 Å². The quantitative estimate of drug-likeness (QED) is 0.866. The second-order valence-corrected chi connectivity index (χ2v) is 4.17. The van der Waals surface area contributed by atoms with Gasteiger partial charge in [-0.05, 0) is 31.2 Å². The maximum Gasteiger partial charge on any atom is 0.573 e. The van der Waals surface area contributed by atoms with Crippen LogP contribution in [0.1, 0.15) is 6.92 Å². The zero-order valence-electron chi connectivity index (χ0n) is 10.2. The molecule has 0 radical (unpaired) electrons. The number of Topliss-reactive ketones (excluding diaryl/α,β-unsaturated/α-hetero) is 1. The Hall–Kier alpha value is -2.14. The minimum Gasteiger partial charge on any atom is -0.406 e. The van der Waals surface area contributed by atoms with E-state index in [0.717, 1.165) is 12.1 Å². The summed E-state index contributed by atoms with van der Waals surface area (Å²) in [5.41, 5.74) is 0.353. The Morgan fingerprint density at radius 1 is 1.40 bits per heavy atom. The third-order valence-corrected chi connectivity index (χ3v) is 2.49. The van der Waals surface area contributed by atoms with Crippen molar-refractivity contribution in [2.75, 3.05) is 5.32 Å². The number of hydrogen-bond donors (Lipinski definition) is 1. The van der Waals surface area contributed by atoms with Gasteiger partial charge in [0.1, 0.15) is 10.7 Å². The smallest absolute Gasteiger partial charge is 0.406 e. The summed E-state index contributed by atoms with van der Waals surface area (Å²) in [5, 5.41) is 11.4. The lowest BCUT2D eigenvalue weighted by molar-refractivity contribution is -0.274. The highest BCUT2D eigenvalue weighted by Gasteiger charge is 2.31. The third-order valence-electron chi connectivity index (χ3n) is 2.15. The number of carbonyl (C=O) groups is 1. The summed E-state index contributed by atoms with van der Waals surface area (Å²) in [6, 6.07) is 6.51. The van der Waals surface area contributed by atoms with Crippen LogP contribution in [-0.2, 0) is 4.79 Å². The van der Waals surface area contributed by atoms with Crippen molar-refractivity contribution in [1.29, 1.82) is 5.26 Å². The molecule has 0 spiro atoms. The second kappa shape index (κ2) is 6.34. The van der Waals surface area contributed by atoms with Crippen LogP contribution in [0.25, 0.3) is 0 Å². The van der Waals surface area contributed by atoms with Crippen LogP contribution in [-0.4, -0.2) is 17.1 Å². The molecule has 0 bridgehead atoms. The Morgan fingerprint density at radius 3 is 2.35 bits per heavy atom. The Kier molecular flexibility index (Phi) is 5.05. The number of nitriles is 1. The first-order valence-electron chi connectivity index (χ1n) is 5.29. The van der Waals surface area contributed by atoms with Crippen molar-refractivity contribution in [3.63, 3.8) is 0 Å². The van der Waals surface area contributed by atoms with Crippen molar-refractivity contribution in [2.24, 2.45) is 5.92 Å². The number of anilines is 1. The molecule has 1 rings (SSSR count). The standard InChI is InChI=1S/C12H9F3N2O2S/c1-7(18)10(6-16)11(20)17-8-2-4-9(5-3-8)19-12(13,14)15/h2-5,10H,1H3,(H,17,20). The lowest BCUT2D eigenvalue weighted by Gasteiger charge is -2.12. The van der Waals surface area contributed by atoms with Crippen molar-refractivity contribution in [1.82, 2.24) is 0 Å². The molecular formula is C12H9F3N2O2S. The normalized spacial score (nSPS) is 12.2. The van der Waals surface area contributed by atoms with Crippen molar-refractivity contribution in [3.8, 4) is 11.8 Å². The fourth-order valence-corrected chi connectivity index (χ4v) is 1.63. The van der Waals surface area contributed by atoms with Crippen LogP contribution >= 0.6 is 12.2 Å². The van der Waals surface area contributed by atoms with Crippen molar-refractivity contribution < 1.29 is 22.7 Å². The summed E-state index contributed by atoms with van der Waals surface area (Å²) in [6.07, 6.45) is -4.76. The average molecular weight is 302 g/mol. The summed E-state index contributed by atoms with van der Waals surface area (Å²) >= 11 is 4.89. The molecule has 0 aliphatic carbocycles. The van der Waals surface area contributed by atoms with Gasteiger partial charge in [0.2, 0.25) is 0 Å². The lowest BCUT2D eigenvalue weighted by atomic mass is 10.1. The minimum absolute atomic E-state index is 0.00973. The fraction of sp³-hybridized carbons (Fsp3) is 0.250. The molecule has 1 aromatic carbocycles. The number of ketones is 1. The number of hydrogen-bond acceptors (Lipinski definition) is 4. The number of rotatable bonds is 4. The number of nitrogens with one attached hydrogen (secondary N) is 1. The first kappa shape index (κ1) is 15.9. The van der Waals surface area contributed by atoms with Crippen LogP contribution in [0.5, 0.6) is 5.75 Å². The van der Waals surface area contributed by atoms with Gasteiger partial charge in [0.15, 0.2) is 11.7 Å². The molecule has 1 N–H and O–H groups in total. The van der Waals surface area contributed by atoms with E-state index in [-0.39, 0.29) is 10.7 Å². The van der Waals surface area contributed by atoms with Crippen LogP contribution in [0.15, 0.2) is 24.3 Å². The molecule has 0 amide bonds. The number of carbonyl (C=O) groups excluding carboxylic acids is 1. The molecule has 8 heteroatoms. The maximum atomic E-state index is 12.0. The maximum absolute atomic E-state index is 12.0. The monoisotopic (exact) mass is 302 g/mol. The zero-order valence-corrected chi connectivity index (χ0v) is 11.0. The van der Waals surface area contributed by atoms with Gasteiger partial charge in [0, 0.05) is 5.69 Å². The van der Waals surface area contributed by atoms with E-state index in [2.05, 4.69) is 10.1 Å². The molecule has 0 saturated heterocycles. The lowest BCUT2D eigenvalue weighted by Crippen LogP contribution is -2.25. The molecule has 0 aromatic heterocycles. The van der Waals surface area contributed by atoms with Gasteiger partial charge in [-0.2, -0.15) is 5.26 Å². The topological polar surface area (TPSA) is 62.1 Å². The SMILES string of the molecule is CC(=O)C(C#N)C(=S)Nc1ccc(OC(F)(F)F)cc1. The van der Waals surface area contributed by atoms with Crippen LogP contribution < -0.4 is 10.1 Å². The number of halogens is 3. The Labute approximate surface area is 118 Å². The van der Waals surface area contributed by atoms with Crippen LogP contribution in [0.4, 0.5) is 18.9 Å². The third kappa shape index (κ3) is 4.85. The molecule has 1 unspecified atom stereocenters. The number of alkyl halides is 3. The molecule has 1 aromatic rings. The van der Waals surface area contributed by atoms with Crippen LogP contribution in [0, 0.1) is 17.2 Å². The van der Waals surface area contributed by atoms with Gasteiger partial charge in [-0.15, -0.1) is 13.2 Å². The molecule has 0 saturated carbocycles. The highest BCUT2D eigenvalue weighted by atomic mass is 32.1. The van der Waals surface area contributed by atoms with Gasteiger partial charge in [0.05, 0.1) is 6.07 Å². The molecular weight excluding hydrogens is 293 g/mol. The largest absolute Gasteiger partial charge is 0.573 e. The number of nitrogens with zero attached hydrogens (tertiary/aromatic N) is 1. The van der Waals surface area contributed by atoms with E-state index < -0.39 is 18.1 Å². The molecule has 0 aliphatic rings.